The Balaban J connectivity index is 1.19. The quantitative estimate of drug-likeness (QED) is 0.747. The topological polar surface area (TPSA) is 64.1 Å². The highest BCUT2D eigenvalue weighted by Crippen LogP contribution is 2.28. The Morgan fingerprint density at radius 1 is 0.971 bits per heavy atom. The SMILES string of the molecule is CC(=O)N1CC=C(c2ccc3c(c2)CCN(C[C@H](O)CN2CCc4ccccc4C2)C3=O)CC1. The van der Waals surface area contributed by atoms with E-state index in [-0.39, 0.29) is 11.8 Å². The number of benzene rings is 2. The second-order valence-corrected chi connectivity index (χ2v) is 9.73. The van der Waals surface area contributed by atoms with Gasteiger partial charge in [-0.15, -0.1) is 0 Å². The molecule has 3 aliphatic heterocycles. The van der Waals surface area contributed by atoms with Gasteiger partial charge in [0.25, 0.3) is 5.91 Å². The molecule has 1 atom stereocenters. The van der Waals surface area contributed by atoms with Gasteiger partial charge in [-0.05, 0) is 53.2 Å². The Hall–Kier alpha value is -2.96. The van der Waals surface area contributed by atoms with E-state index < -0.39 is 6.10 Å². The van der Waals surface area contributed by atoms with Crippen LogP contribution >= 0.6 is 0 Å². The van der Waals surface area contributed by atoms with Crippen LogP contribution in [0.4, 0.5) is 0 Å². The van der Waals surface area contributed by atoms with Crippen molar-refractivity contribution in [1.29, 1.82) is 0 Å². The Morgan fingerprint density at radius 3 is 2.53 bits per heavy atom. The molecular formula is C28H33N3O3. The minimum atomic E-state index is -0.563. The molecule has 6 nitrogen and oxygen atoms in total. The molecule has 0 saturated carbocycles. The lowest BCUT2D eigenvalue weighted by molar-refractivity contribution is -0.128. The number of aliphatic hydroxyl groups excluding tert-OH is 1. The minimum Gasteiger partial charge on any atom is -0.390 e. The second-order valence-electron chi connectivity index (χ2n) is 9.73. The molecule has 5 rings (SSSR count). The highest BCUT2D eigenvalue weighted by molar-refractivity contribution is 5.97. The van der Waals surface area contributed by atoms with E-state index in [1.54, 1.807) is 11.8 Å². The van der Waals surface area contributed by atoms with Gasteiger partial charge in [-0.3, -0.25) is 14.5 Å². The molecule has 0 radical (unpaired) electrons. The van der Waals surface area contributed by atoms with Crippen LogP contribution in [0.2, 0.25) is 0 Å². The average molecular weight is 460 g/mol. The van der Waals surface area contributed by atoms with E-state index in [9.17, 15) is 14.7 Å². The van der Waals surface area contributed by atoms with Crippen LogP contribution in [0.5, 0.6) is 0 Å². The fraction of sp³-hybridized carbons (Fsp3) is 0.429. The monoisotopic (exact) mass is 459 g/mol. The predicted octanol–water partition coefficient (Wildman–Crippen LogP) is 2.74. The van der Waals surface area contributed by atoms with Crippen molar-refractivity contribution in [2.45, 2.75) is 38.8 Å². The molecule has 2 amide bonds. The van der Waals surface area contributed by atoms with Crippen molar-refractivity contribution >= 4 is 17.4 Å². The summed E-state index contributed by atoms with van der Waals surface area (Å²) < 4.78 is 0. The summed E-state index contributed by atoms with van der Waals surface area (Å²) in [7, 11) is 0. The lowest BCUT2D eigenvalue weighted by atomic mass is 9.92. The van der Waals surface area contributed by atoms with Crippen LogP contribution in [0.25, 0.3) is 5.57 Å². The fourth-order valence-corrected chi connectivity index (χ4v) is 5.45. The molecule has 0 aliphatic carbocycles. The molecule has 2 aromatic carbocycles. The normalized spacial score (nSPS) is 19.4. The van der Waals surface area contributed by atoms with Gasteiger partial charge in [-0.2, -0.15) is 0 Å². The van der Waals surface area contributed by atoms with Gasteiger partial charge in [0.2, 0.25) is 5.91 Å². The van der Waals surface area contributed by atoms with Gasteiger partial charge in [0, 0.05) is 58.3 Å². The summed E-state index contributed by atoms with van der Waals surface area (Å²) in [5, 5.41) is 10.8. The number of β-amino-alcohol motifs (C(OH)–C–C–N with tert-alkyl or cyclic N) is 1. The third kappa shape index (κ3) is 4.79. The zero-order valence-corrected chi connectivity index (χ0v) is 19.9. The van der Waals surface area contributed by atoms with Crippen LogP contribution in [0, 0.1) is 0 Å². The average Bonchev–Trinajstić information content (AvgIpc) is 2.85. The van der Waals surface area contributed by atoms with Gasteiger partial charge < -0.3 is 14.9 Å². The summed E-state index contributed by atoms with van der Waals surface area (Å²) in [5.41, 5.74) is 6.95. The molecular weight excluding hydrogens is 426 g/mol. The second kappa shape index (κ2) is 9.72. The molecule has 0 fully saturated rings. The van der Waals surface area contributed by atoms with Crippen molar-refractivity contribution in [3.8, 4) is 0 Å². The first-order valence-corrected chi connectivity index (χ1v) is 12.3. The highest BCUT2D eigenvalue weighted by atomic mass is 16.3. The molecule has 1 N–H and O–H groups in total. The van der Waals surface area contributed by atoms with E-state index in [1.807, 2.05) is 17.0 Å². The van der Waals surface area contributed by atoms with Crippen LogP contribution < -0.4 is 0 Å². The number of carbonyl (C=O) groups excluding carboxylic acids is 2. The van der Waals surface area contributed by atoms with Crippen molar-refractivity contribution in [2.75, 3.05) is 39.3 Å². The zero-order chi connectivity index (χ0) is 23.7. The largest absolute Gasteiger partial charge is 0.390 e. The van der Waals surface area contributed by atoms with Crippen LogP contribution in [-0.2, 0) is 24.2 Å². The Kier molecular flexibility index (Phi) is 6.53. The standard InChI is InChI=1S/C28H33N3O3/c1-20(32)30-13-9-22(10-14-30)23-6-7-27-24(16-23)11-15-31(28(27)34)19-26(33)18-29-12-8-21-4-2-3-5-25(21)17-29/h2-7,9,16,26,33H,8,10-15,17-19H2,1H3/t26-/m1/s1. The summed E-state index contributed by atoms with van der Waals surface area (Å²) in [4.78, 5) is 30.7. The van der Waals surface area contributed by atoms with Crippen LogP contribution in [0.15, 0.2) is 48.5 Å². The van der Waals surface area contributed by atoms with E-state index >= 15 is 0 Å². The van der Waals surface area contributed by atoms with Crippen LogP contribution in [0.1, 0.15) is 46.0 Å². The summed E-state index contributed by atoms with van der Waals surface area (Å²) in [6.45, 7) is 6.37. The number of hydrogen-bond acceptors (Lipinski definition) is 4. The lowest BCUT2D eigenvalue weighted by Crippen LogP contribution is -2.46. The summed E-state index contributed by atoms with van der Waals surface area (Å²) >= 11 is 0. The van der Waals surface area contributed by atoms with Gasteiger partial charge in [-0.1, -0.05) is 42.5 Å². The molecule has 0 unspecified atom stereocenters. The number of rotatable bonds is 5. The first-order chi connectivity index (χ1) is 16.5. The van der Waals surface area contributed by atoms with E-state index in [4.69, 9.17) is 0 Å². The van der Waals surface area contributed by atoms with Crippen LogP contribution in [-0.4, -0.2) is 77.0 Å². The Labute approximate surface area is 201 Å². The maximum absolute atomic E-state index is 13.2. The van der Waals surface area contributed by atoms with E-state index in [2.05, 4.69) is 41.3 Å². The van der Waals surface area contributed by atoms with E-state index in [0.29, 0.717) is 26.2 Å². The molecule has 6 heteroatoms. The van der Waals surface area contributed by atoms with Gasteiger partial charge in [0.15, 0.2) is 0 Å². The molecule has 34 heavy (non-hydrogen) atoms. The predicted molar refractivity (Wildman–Crippen MR) is 132 cm³/mol. The molecule has 3 aliphatic rings. The number of fused-ring (bicyclic) bond motifs is 2. The van der Waals surface area contributed by atoms with Gasteiger partial charge in [0.05, 0.1) is 6.10 Å². The van der Waals surface area contributed by atoms with Gasteiger partial charge in [0.1, 0.15) is 0 Å². The number of nitrogens with zero attached hydrogens (tertiary/aromatic N) is 3. The van der Waals surface area contributed by atoms with Gasteiger partial charge in [-0.25, -0.2) is 0 Å². The third-order valence-electron chi connectivity index (χ3n) is 7.41. The molecule has 2 aromatic rings. The third-order valence-corrected chi connectivity index (χ3v) is 7.41. The Morgan fingerprint density at radius 2 is 1.76 bits per heavy atom. The maximum atomic E-state index is 13.2. The molecule has 0 bridgehead atoms. The van der Waals surface area contributed by atoms with Crippen molar-refractivity contribution in [2.24, 2.45) is 0 Å². The molecule has 0 saturated heterocycles. The molecule has 3 heterocycles. The van der Waals surface area contributed by atoms with E-state index in [1.165, 1.54) is 16.7 Å². The zero-order valence-electron chi connectivity index (χ0n) is 19.9. The molecule has 0 spiro atoms. The van der Waals surface area contributed by atoms with Crippen LogP contribution in [0.3, 0.4) is 0 Å². The van der Waals surface area contributed by atoms with Crippen molar-refractivity contribution < 1.29 is 14.7 Å². The lowest BCUT2D eigenvalue weighted by Gasteiger charge is -2.34. The first kappa shape index (κ1) is 22.8. The first-order valence-electron chi connectivity index (χ1n) is 12.3. The maximum Gasteiger partial charge on any atom is 0.254 e. The number of carbonyl (C=O) groups is 2. The van der Waals surface area contributed by atoms with Crippen molar-refractivity contribution in [3.63, 3.8) is 0 Å². The Bertz CT molecular complexity index is 1130. The fourth-order valence-electron chi connectivity index (χ4n) is 5.45. The van der Waals surface area contributed by atoms with E-state index in [0.717, 1.165) is 55.6 Å². The number of hydrogen-bond donors (Lipinski definition) is 1. The smallest absolute Gasteiger partial charge is 0.254 e. The molecule has 178 valence electrons. The van der Waals surface area contributed by atoms with Gasteiger partial charge >= 0.3 is 0 Å². The number of aliphatic hydroxyl groups is 1. The minimum absolute atomic E-state index is 0.0104. The summed E-state index contributed by atoms with van der Waals surface area (Å²) in [5.74, 6) is 0.120. The molecule has 0 aromatic heterocycles. The number of amides is 2. The summed E-state index contributed by atoms with van der Waals surface area (Å²) in [6.07, 6.45) is 4.20. The van der Waals surface area contributed by atoms with Crippen molar-refractivity contribution in [3.05, 3.63) is 76.4 Å². The highest BCUT2D eigenvalue weighted by Gasteiger charge is 2.28. The summed E-state index contributed by atoms with van der Waals surface area (Å²) in [6, 6.07) is 14.6. The van der Waals surface area contributed by atoms with Crippen molar-refractivity contribution in [1.82, 2.24) is 14.7 Å².